The van der Waals surface area contributed by atoms with Gasteiger partial charge in [-0.25, -0.2) is 4.98 Å². The molecule has 0 bridgehead atoms. The van der Waals surface area contributed by atoms with Crippen molar-refractivity contribution in [2.45, 2.75) is 18.8 Å². The van der Waals surface area contributed by atoms with Crippen LogP contribution < -0.4 is 4.74 Å². The molecule has 4 rings (SSSR count). The summed E-state index contributed by atoms with van der Waals surface area (Å²) in [5, 5.41) is 0. The SMILES string of the molecule is Cc1cccc2nc(CCl)n(C3COc4ccccc43)c12. The fourth-order valence-corrected chi connectivity index (χ4v) is 3.35. The molecule has 106 valence electrons. The molecule has 0 N–H and O–H groups in total. The standard InChI is InChI=1S/C17H15ClN2O/c1-11-5-4-7-13-17(11)20(16(9-18)19-13)14-10-21-15-8-3-2-6-12(14)15/h2-8,14H,9-10H2,1H3. The van der Waals surface area contributed by atoms with Gasteiger partial charge in [0.25, 0.3) is 0 Å². The predicted octanol–water partition coefficient (Wildman–Crippen LogP) is 4.07. The lowest BCUT2D eigenvalue weighted by Crippen LogP contribution is -2.15. The quantitative estimate of drug-likeness (QED) is 0.667. The smallest absolute Gasteiger partial charge is 0.125 e. The van der Waals surface area contributed by atoms with Crippen LogP contribution in [0, 0.1) is 6.92 Å². The summed E-state index contributed by atoms with van der Waals surface area (Å²) in [6.45, 7) is 2.74. The molecule has 1 aliphatic heterocycles. The summed E-state index contributed by atoms with van der Waals surface area (Å²) in [5.41, 5.74) is 4.56. The normalized spacial score (nSPS) is 17.0. The third kappa shape index (κ3) is 1.84. The van der Waals surface area contributed by atoms with Gasteiger partial charge in [0.15, 0.2) is 0 Å². The van der Waals surface area contributed by atoms with Crippen molar-refractivity contribution < 1.29 is 4.74 Å². The number of benzene rings is 2. The molecule has 4 heteroatoms. The van der Waals surface area contributed by atoms with E-state index in [1.807, 2.05) is 30.3 Å². The molecule has 0 spiro atoms. The van der Waals surface area contributed by atoms with Crippen molar-refractivity contribution in [2.75, 3.05) is 6.61 Å². The minimum atomic E-state index is 0.140. The van der Waals surface area contributed by atoms with Gasteiger partial charge in [0.1, 0.15) is 18.2 Å². The van der Waals surface area contributed by atoms with Crippen LogP contribution in [-0.2, 0) is 5.88 Å². The van der Waals surface area contributed by atoms with Crippen molar-refractivity contribution in [3.8, 4) is 5.75 Å². The second kappa shape index (κ2) is 4.78. The summed E-state index contributed by atoms with van der Waals surface area (Å²) in [6.07, 6.45) is 0. The van der Waals surface area contributed by atoms with Gasteiger partial charge in [0.05, 0.1) is 23.0 Å². The highest BCUT2D eigenvalue weighted by atomic mass is 35.5. The average molecular weight is 299 g/mol. The van der Waals surface area contributed by atoms with Crippen LogP contribution in [0.1, 0.15) is 23.0 Å². The molecule has 21 heavy (non-hydrogen) atoms. The number of aryl methyl sites for hydroxylation is 1. The molecule has 0 saturated carbocycles. The third-order valence-corrected chi connectivity index (χ3v) is 4.33. The number of halogens is 1. The van der Waals surface area contributed by atoms with Crippen LogP contribution in [-0.4, -0.2) is 16.2 Å². The van der Waals surface area contributed by atoms with Crippen molar-refractivity contribution in [3.63, 3.8) is 0 Å². The molecule has 0 radical (unpaired) electrons. The van der Waals surface area contributed by atoms with Crippen molar-refractivity contribution in [1.29, 1.82) is 0 Å². The Hall–Kier alpha value is -2.00. The number of alkyl halides is 1. The Morgan fingerprint density at radius 1 is 1.24 bits per heavy atom. The Labute approximate surface area is 128 Å². The van der Waals surface area contributed by atoms with Gasteiger partial charge >= 0.3 is 0 Å². The van der Waals surface area contributed by atoms with Crippen molar-refractivity contribution in [2.24, 2.45) is 0 Å². The summed E-state index contributed by atoms with van der Waals surface area (Å²) in [7, 11) is 0. The number of rotatable bonds is 2. The Bertz CT molecular complexity index is 825. The van der Waals surface area contributed by atoms with E-state index in [1.165, 1.54) is 11.1 Å². The monoisotopic (exact) mass is 298 g/mol. The van der Waals surface area contributed by atoms with E-state index < -0.39 is 0 Å². The molecule has 2 aromatic carbocycles. The van der Waals surface area contributed by atoms with Gasteiger partial charge in [-0.15, -0.1) is 11.6 Å². The third-order valence-electron chi connectivity index (χ3n) is 4.09. The van der Waals surface area contributed by atoms with Crippen molar-refractivity contribution in [1.82, 2.24) is 9.55 Å². The number of fused-ring (bicyclic) bond motifs is 2. The van der Waals surface area contributed by atoms with E-state index in [-0.39, 0.29) is 6.04 Å². The van der Waals surface area contributed by atoms with Crippen LogP contribution in [0.15, 0.2) is 42.5 Å². The number of para-hydroxylation sites is 2. The average Bonchev–Trinajstić information content (AvgIpc) is 3.08. The molecule has 1 atom stereocenters. The second-order valence-electron chi connectivity index (χ2n) is 5.34. The van der Waals surface area contributed by atoms with E-state index in [2.05, 4.69) is 28.6 Å². The molecule has 0 saturated heterocycles. The minimum absolute atomic E-state index is 0.140. The number of hydrogen-bond donors (Lipinski definition) is 0. The second-order valence-corrected chi connectivity index (χ2v) is 5.61. The maximum atomic E-state index is 6.14. The minimum Gasteiger partial charge on any atom is -0.491 e. The lowest BCUT2D eigenvalue weighted by atomic mass is 10.1. The Kier molecular flexibility index (Phi) is 2.89. The van der Waals surface area contributed by atoms with E-state index >= 15 is 0 Å². The van der Waals surface area contributed by atoms with Crippen LogP contribution in [0.25, 0.3) is 11.0 Å². The molecular weight excluding hydrogens is 284 g/mol. The molecule has 0 amide bonds. The molecule has 0 aliphatic carbocycles. The van der Waals surface area contributed by atoms with Crippen LogP contribution >= 0.6 is 11.6 Å². The fraction of sp³-hybridized carbons (Fsp3) is 0.235. The number of ether oxygens (including phenoxy) is 1. The molecule has 0 fully saturated rings. The highest BCUT2D eigenvalue weighted by molar-refractivity contribution is 6.16. The molecular formula is C17H15ClN2O. The van der Waals surface area contributed by atoms with Crippen molar-refractivity contribution in [3.05, 3.63) is 59.4 Å². The lowest BCUT2D eigenvalue weighted by molar-refractivity contribution is 0.317. The fourth-order valence-electron chi connectivity index (χ4n) is 3.16. The van der Waals surface area contributed by atoms with Crippen LogP contribution in [0.5, 0.6) is 5.75 Å². The first-order valence-corrected chi connectivity index (χ1v) is 7.57. The van der Waals surface area contributed by atoms with Gasteiger partial charge in [-0.2, -0.15) is 0 Å². The molecule has 1 aromatic heterocycles. The van der Waals surface area contributed by atoms with E-state index in [0.717, 1.165) is 22.6 Å². The number of aromatic nitrogens is 2. The maximum Gasteiger partial charge on any atom is 0.125 e. The Balaban J connectivity index is 1.99. The van der Waals surface area contributed by atoms with Gasteiger partial charge in [-0.1, -0.05) is 30.3 Å². The summed E-state index contributed by atoms with van der Waals surface area (Å²) < 4.78 is 8.07. The first-order chi connectivity index (χ1) is 10.3. The van der Waals surface area contributed by atoms with Gasteiger partial charge in [0, 0.05) is 5.56 Å². The zero-order valence-corrected chi connectivity index (χ0v) is 12.5. The predicted molar refractivity (Wildman–Crippen MR) is 84.1 cm³/mol. The summed E-state index contributed by atoms with van der Waals surface area (Å²) in [4.78, 5) is 4.68. The van der Waals surface area contributed by atoms with E-state index in [1.54, 1.807) is 0 Å². The molecule has 1 unspecified atom stereocenters. The zero-order chi connectivity index (χ0) is 14.4. The van der Waals surface area contributed by atoms with Gasteiger partial charge in [-0.3, -0.25) is 0 Å². The molecule has 3 nitrogen and oxygen atoms in total. The molecule has 3 aromatic rings. The van der Waals surface area contributed by atoms with Gasteiger partial charge in [-0.05, 0) is 24.6 Å². The van der Waals surface area contributed by atoms with Crippen LogP contribution in [0.4, 0.5) is 0 Å². The first-order valence-electron chi connectivity index (χ1n) is 7.03. The number of imidazole rings is 1. The van der Waals surface area contributed by atoms with E-state index in [4.69, 9.17) is 16.3 Å². The summed E-state index contributed by atoms with van der Waals surface area (Å²) >= 11 is 6.14. The highest BCUT2D eigenvalue weighted by Crippen LogP contribution is 2.38. The van der Waals surface area contributed by atoms with E-state index in [0.29, 0.717) is 12.5 Å². The lowest BCUT2D eigenvalue weighted by Gasteiger charge is -2.16. The molecule has 1 aliphatic rings. The number of hydrogen-bond acceptors (Lipinski definition) is 2. The summed E-state index contributed by atoms with van der Waals surface area (Å²) in [5.74, 6) is 2.25. The molecule has 2 heterocycles. The van der Waals surface area contributed by atoms with Crippen LogP contribution in [0.3, 0.4) is 0 Å². The first kappa shape index (κ1) is 12.7. The Morgan fingerprint density at radius 2 is 2.10 bits per heavy atom. The van der Waals surface area contributed by atoms with Crippen molar-refractivity contribution >= 4 is 22.6 Å². The van der Waals surface area contributed by atoms with Gasteiger partial charge in [0.2, 0.25) is 0 Å². The van der Waals surface area contributed by atoms with E-state index in [9.17, 15) is 0 Å². The van der Waals surface area contributed by atoms with Gasteiger partial charge < -0.3 is 9.30 Å². The largest absolute Gasteiger partial charge is 0.491 e. The zero-order valence-electron chi connectivity index (χ0n) is 11.7. The Morgan fingerprint density at radius 3 is 2.95 bits per heavy atom. The van der Waals surface area contributed by atoms with Crippen LogP contribution in [0.2, 0.25) is 0 Å². The topological polar surface area (TPSA) is 27.1 Å². The maximum absolute atomic E-state index is 6.14. The highest BCUT2D eigenvalue weighted by Gasteiger charge is 2.28. The number of nitrogens with zero attached hydrogens (tertiary/aromatic N) is 2. The summed E-state index contributed by atoms with van der Waals surface area (Å²) in [6, 6.07) is 14.5.